The largest absolute Gasteiger partial charge is 0.456 e. The van der Waals surface area contributed by atoms with Gasteiger partial charge in [-0.25, -0.2) is 0 Å². The van der Waals surface area contributed by atoms with Crippen molar-refractivity contribution in [2.75, 3.05) is 4.90 Å². The van der Waals surface area contributed by atoms with Crippen LogP contribution in [0.2, 0.25) is 0 Å². The van der Waals surface area contributed by atoms with Crippen LogP contribution in [0.15, 0.2) is 241 Å². The van der Waals surface area contributed by atoms with Crippen LogP contribution in [0.4, 0.5) is 17.1 Å². The van der Waals surface area contributed by atoms with Gasteiger partial charge in [0.1, 0.15) is 11.2 Å². The Kier molecular flexibility index (Phi) is 8.53. The molecule has 290 valence electrons. The van der Waals surface area contributed by atoms with E-state index in [0.717, 1.165) is 55.7 Å². The Morgan fingerprint density at radius 3 is 1.66 bits per heavy atom. The van der Waals surface area contributed by atoms with Crippen molar-refractivity contribution in [3.63, 3.8) is 0 Å². The summed E-state index contributed by atoms with van der Waals surface area (Å²) in [6, 6.07) is 85.6. The molecule has 11 aromatic carbocycles. The fraction of sp³-hybridized carbons (Fsp3) is 0. The Hall–Kier alpha value is -8.20. The van der Waals surface area contributed by atoms with Gasteiger partial charge in [-0.3, -0.25) is 0 Å². The van der Waals surface area contributed by atoms with E-state index >= 15 is 0 Å². The maximum Gasteiger partial charge on any atom is 0.137 e. The molecule has 12 aromatic rings. The normalized spacial score (nSPS) is 11.5. The molecule has 0 aliphatic rings. The molecule has 62 heavy (non-hydrogen) atoms. The molecule has 0 N–H and O–H groups in total. The zero-order chi connectivity index (χ0) is 41.0. The SMILES string of the molecule is c1ccc(-c2c(-c3ccccc3)c3cc(-c4ccccc4N(c4cccc(-c5ccc6ccccc6c5)c4)c4ccc5c(c4)oc4ccccc45)ccc3c3ccccc23)cc1. The lowest BCUT2D eigenvalue weighted by atomic mass is 9.84. The Morgan fingerprint density at radius 2 is 0.839 bits per heavy atom. The van der Waals surface area contributed by atoms with E-state index in [1.165, 1.54) is 60.1 Å². The average molecular weight is 790 g/mol. The number of hydrogen-bond acceptors (Lipinski definition) is 2. The molecule has 0 unspecified atom stereocenters. The third-order valence-electron chi connectivity index (χ3n) is 12.4. The van der Waals surface area contributed by atoms with Gasteiger partial charge in [0, 0.05) is 33.8 Å². The molecule has 0 atom stereocenters. The van der Waals surface area contributed by atoms with E-state index in [9.17, 15) is 0 Å². The van der Waals surface area contributed by atoms with Crippen LogP contribution < -0.4 is 4.90 Å². The first-order valence-corrected chi connectivity index (χ1v) is 21.2. The molecule has 2 heteroatoms. The second-order valence-corrected chi connectivity index (χ2v) is 16.0. The number of anilines is 3. The lowest BCUT2D eigenvalue weighted by Gasteiger charge is -2.28. The van der Waals surface area contributed by atoms with E-state index in [0.29, 0.717) is 0 Å². The Bertz CT molecular complexity index is 3640. The standard InChI is InChI=1S/C60H39NO/c1-3-17-41(18-4-1)59-54-27-10-9-25-50(54)51-34-32-46(38-55(51)60(59)42-19-5-2-6-20-42)49-24-11-13-28-56(49)61(48-33-35-53-52-26-12-14-29-57(52)62-58(53)39-48)47-23-15-22-44(37-47)45-31-30-40-16-7-8-21-43(40)36-45/h1-39H. The van der Waals surface area contributed by atoms with E-state index in [2.05, 4.69) is 229 Å². The molecule has 0 aliphatic carbocycles. The van der Waals surface area contributed by atoms with E-state index in [1.54, 1.807) is 0 Å². The Balaban J connectivity index is 1.10. The number of rotatable bonds is 7. The van der Waals surface area contributed by atoms with Gasteiger partial charge in [-0.15, -0.1) is 0 Å². The highest BCUT2D eigenvalue weighted by molar-refractivity contribution is 6.22. The molecule has 0 fully saturated rings. The molecule has 0 aliphatic heterocycles. The number of para-hydroxylation sites is 2. The molecular weight excluding hydrogens is 751 g/mol. The number of hydrogen-bond donors (Lipinski definition) is 0. The van der Waals surface area contributed by atoms with E-state index < -0.39 is 0 Å². The Labute approximate surface area is 360 Å². The highest BCUT2D eigenvalue weighted by Crippen LogP contribution is 2.48. The summed E-state index contributed by atoms with van der Waals surface area (Å²) < 4.78 is 6.52. The highest BCUT2D eigenvalue weighted by atomic mass is 16.3. The summed E-state index contributed by atoms with van der Waals surface area (Å²) in [5.74, 6) is 0. The zero-order valence-electron chi connectivity index (χ0n) is 33.9. The lowest BCUT2D eigenvalue weighted by Crippen LogP contribution is -2.11. The summed E-state index contributed by atoms with van der Waals surface area (Å²) in [7, 11) is 0. The molecule has 2 nitrogen and oxygen atoms in total. The minimum Gasteiger partial charge on any atom is -0.456 e. The lowest BCUT2D eigenvalue weighted by molar-refractivity contribution is 0.669. The summed E-state index contributed by atoms with van der Waals surface area (Å²) >= 11 is 0. The molecule has 0 amide bonds. The van der Waals surface area contributed by atoms with Gasteiger partial charge in [0.2, 0.25) is 0 Å². The molecule has 0 radical (unpaired) electrons. The van der Waals surface area contributed by atoms with Crippen LogP contribution in [0.5, 0.6) is 0 Å². The van der Waals surface area contributed by atoms with E-state index in [4.69, 9.17) is 4.42 Å². The molecular formula is C60H39NO. The van der Waals surface area contributed by atoms with Crippen LogP contribution in [-0.2, 0) is 0 Å². The van der Waals surface area contributed by atoms with Crippen LogP contribution in [0.3, 0.4) is 0 Å². The maximum absolute atomic E-state index is 6.52. The second kappa shape index (κ2) is 14.8. The van der Waals surface area contributed by atoms with Crippen molar-refractivity contribution in [3.05, 3.63) is 237 Å². The van der Waals surface area contributed by atoms with Gasteiger partial charge < -0.3 is 9.32 Å². The fourth-order valence-corrected chi connectivity index (χ4v) is 9.56. The fourth-order valence-electron chi connectivity index (χ4n) is 9.56. The molecule has 0 bridgehead atoms. The summed E-state index contributed by atoms with van der Waals surface area (Å²) in [6.45, 7) is 0. The average Bonchev–Trinajstić information content (AvgIpc) is 3.72. The number of fused-ring (bicyclic) bond motifs is 7. The molecule has 1 heterocycles. The molecule has 1 aromatic heterocycles. The van der Waals surface area contributed by atoms with Gasteiger partial charge in [-0.1, -0.05) is 182 Å². The van der Waals surface area contributed by atoms with Crippen molar-refractivity contribution >= 4 is 71.3 Å². The van der Waals surface area contributed by atoms with Crippen molar-refractivity contribution in [3.8, 4) is 44.5 Å². The third kappa shape index (κ3) is 6.04. The zero-order valence-corrected chi connectivity index (χ0v) is 33.9. The summed E-state index contributed by atoms with van der Waals surface area (Å²) in [5, 5.41) is 9.62. The van der Waals surface area contributed by atoms with Crippen LogP contribution in [-0.4, -0.2) is 0 Å². The molecule has 12 rings (SSSR count). The van der Waals surface area contributed by atoms with E-state index in [1.807, 2.05) is 12.1 Å². The maximum atomic E-state index is 6.52. The third-order valence-corrected chi connectivity index (χ3v) is 12.4. The first kappa shape index (κ1) is 35.7. The smallest absolute Gasteiger partial charge is 0.137 e. The number of benzene rings is 11. The van der Waals surface area contributed by atoms with Crippen molar-refractivity contribution in [1.82, 2.24) is 0 Å². The molecule has 0 spiro atoms. The van der Waals surface area contributed by atoms with Gasteiger partial charge in [0.25, 0.3) is 0 Å². The van der Waals surface area contributed by atoms with Crippen LogP contribution in [0, 0.1) is 0 Å². The predicted octanol–water partition coefficient (Wildman–Crippen LogP) is 17.2. The van der Waals surface area contributed by atoms with Gasteiger partial charge in [-0.05, 0) is 120 Å². The second-order valence-electron chi connectivity index (χ2n) is 16.0. The monoisotopic (exact) mass is 789 g/mol. The van der Waals surface area contributed by atoms with Crippen molar-refractivity contribution in [2.45, 2.75) is 0 Å². The quantitative estimate of drug-likeness (QED) is 0.150. The highest BCUT2D eigenvalue weighted by Gasteiger charge is 2.22. The van der Waals surface area contributed by atoms with Crippen molar-refractivity contribution in [2.24, 2.45) is 0 Å². The number of nitrogens with zero attached hydrogens (tertiary/aromatic N) is 1. The van der Waals surface area contributed by atoms with E-state index in [-0.39, 0.29) is 0 Å². The Morgan fingerprint density at radius 1 is 0.274 bits per heavy atom. The minimum atomic E-state index is 0.857. The first-order valence-electron chi connectivity index (χ1n) is 21.2. The summed E-state index contributed by atoms with van der Waals surface area (Å²) in [6.07, 6.45) is 0. The van der Waals surface area contributed by atoms with Gasteiger partial charge >= 0.3 is 0 Å². The van der Waals surface area contributed by atoms with Crippen molar-refractivity contribution in [1.29, 1.82) is 0 Å². The predicted molar refractivity (Wildman–Crippen MR) is 263 cm³/mol. The summed E-state index contributed by atoms with van der Waals surface area (Å²) in [5.41, 5.74) is 14.4. The van der Waals surface area contributed by atoms with Crippen LogP contribution >= 0.6 is 0 Å². The minimum absolute atomic E-state index is 0.857. The first-order chi connectivity index (χ1) is 30.7. The number of furan rings is 1. The molecule has 0 saturated carbocycles. The van der Waals surface area contributed by atoms with Crippen LogP contribution in [0.25, 0.3) is 98.8 Å². The molecule has 0 saturated heterocycles. The van der Waals surface area contributed by atoms with Crippen molar-refractivity contribution < 1.29 is 4.42 Å². The van der Waals surface area contributed by atoms with Gasteiger partial charge in [-0.2, -0.15) is 0 Å². The topological polar surface area (TPSA) is 16.4 Å². The van der Waals surface area contributed by atoms with Crippen LogP contribution in [0.1, 0.15) is 0 Å². The van der Waals surface area contributed by atoms with Gasteiger partial charge in [0.05, 0.1) is 5.69 Å². The summed E-state index contributed by atoms with van der Waals surface area (Å²) in [4.78, 5) is 2.39. The van der Waals surface area contributed by atoms with Gasteiger partial charge in [0.15, 0.2) is 0 Å².